The van der Waals surface area contributed by atoms with Crippen molar-refractivity contribution in [1.29, 1.82) is 0 Å². The fraction of sp³-hybridized carbons (Fsp3) is 0.357. The number of aromatic nitrogens is 1. The molecule has 1 fully saturated rings. The van der Waals surface area contributed by atoms with Crippen LogP contribution in [0.5, 0.6) is 0 Å². The van der Waals surface area contributed by atoms with Crippen LogP contribution in [0.2, 0.25) is 0 Å². The number of amides is 1. The van der Waals surface area contributed by atoms with E-state index in [9.17, 15) is 14.0 Å². The van der Waals surface area contributed by atoms with Gasteiger partial charge < -0.3 is 10.0 Å². The highest BCUT2D eigenvalue weighted by Crippen LogP contribution is 2.26. The van der Waals surface area contributed by atoms with Crippen molar-refractivity contribution in [2.45, 2.75) is 12.8 Å². The van der Waals surface area contributed by atoms with Gasteiger partial charge in [0.25, 0.3) is 5.91 Å². The summed E-state index contributed by atoms with van der Waals surface area (Å²) in [6.07, 6.45) is 1.47. The molecule has 1 unspecified atom stereocenters. The molecule has 0 bridgehead atoms. The number of carbonyl (C=O) groups is 2. The van der Waals surface area contributed by atoms with Gasteiger partial charge in [-0.15, -0.1) is 22.7 Å². The number of rotatable bonds is 4. The van der Waals surface area contributed by atoms with E-state index in [2.05, 4.69) is 4.98 Å². The molecule has 0 saturated carbocycles. The molecular formula is C14H13FN2O3S2. The highest BCUT2D eigenvalue weighted by molar-refractivity contribution is 7.12. The first-order valence-electron chi connectivity index (χ1n) is 6.74. The van der Waals surface area contributed by atoms with Crippen LogP contribution in [0.4, 0.5) is 4.39 Å². The molecule has 3 heterocycles. The number of halogens is 1. The van der Waals surface area contributed by atoms with Crippen LogP contribution in [-0.4, -0.2) is 40.0 Å². The van der Waals surface area contributed by atoms with E-state index in [0.29, 0.717) is 19.5 Å². The number of carboxylic acids is 1. The highest BCUT2D eigenvalue weighted by atomic mass is 32.1. The molecule has 8 heteroatoms. The molecule has 1 amide bonds. The minimum absolute atomic E-state index is 0.0617. The van der Waals surface area contributed by atoms with Gasteiger partial charge in [0.05, 0.1) is 5.01 Å². The lowest BCUT2D eigenvalue weighted by Crippen LogP contribution is -2.28. The van der Waals surface area contributed by atoms with E-state index >= 15 is 0 Å². The lowest BCUT2D eigenvalue weighted by Gasteiger charge is -2.15. The van der Waals surface area contributed by atoms with Crippen molar-refractivity contribution in [2.75, 3.05) is 13.1 Å². The summed E-state index contributed by atoms with van der Waals surface area (Å²) in [5.74, 6) is -1.52. The topological polar surface area (TPSA) is 70.5 Å². The third-order valence-electron chi connectivity index (χ3n) is 3.62. The Morgan fingerprint density at radius 1 is 1.45 bits per heavy atom. The molecule has 0 aliphatic carbocycles. The fourth-order valence-corrected chi connectivity index (χ4v) is 4.14. The van der Waals surface area contributed by atoms with Crippen LogP contribution in [0.1, 0.15) is 31.6 Å². The molecule has 116 valence electrons. The van der Waals surface area contributed by atoms with Gasteiger partial charge >= 0.3 is 5.97 Å². The highest BCUT2D eigenvalue weighted by Gasteiger charge is 2.29. The molecule has 2 aromatic heterocycles. The minimum Gasteiger partial charge on any atom is -0.476 e. The van der Waals surface area contributed by atoms with E-state index in [4.69, 9.17) is 5.11 Å². The number of carbonyl (C=O) groups excluding carboxylic acids is 1. The molecule has 1 atom stereocenters. The van der Waals surface area contributed by atoms with E-state index in [1.165, 1.54) is 22.8 Å². The fourth-order valence-electron chi connectivity index (χ4n) is 2.52. The van der Waals surface area contributed by atoms with Gasteiger partial charge in [-0.2, -0.15) is 0 Å². The van der Waals surface area contributed by atoms with Crippen molar-refractivity contribution in [2.24, 2.45) is 5.92 Å². The number of hydrogen-bond acceptors (Lipinski definition) is 5. The summed E-state index contributed by atoms with van der Waals surface area (Å²) in [5, 5.41) is 12.7. The number of aromatic carboxylic acids is 1. The number of thiazole rings is 1. The molecule has 2 aromatic rings. The molecule has 0 radical (unpaired) electrons. The van der Waals surface area contributed by atoms with Gasteiger partial charge in [-0.25, -0.2) is 14.2 Å². The van der Waals surface area contributed by atoms with E-state index in [-0.39, 0.29) is 22.4 Å². The Labute approximate surface area is 134 Å². The maximum absolute atomic E-state index is 13.5. The Morgan fingerprint density at radius 3 is 2.91 bits per heavy atom. The molecule has 1 aliphatic heterocycles. The zero-order valence-electron chi connectivity index (χ0n) is 11.5. The van der Waals surface area contributed by atoms with Crippen molar-refractivity contribution >= 4 is 34.6 Å². The standard InChI is InChI=1S/C14H13FN2O3S2/c15-9-2-4-21-12(9)13(18)17-3-1-8(6-17)5-11-16-10(7-22-11)14(19)20/h2,4,7-8H,1,3,5-6H2,(H,19,20). The second-order valence-electron chi connectivity index (χ2n) is 5.14. The lowest BCUT2D eigenvalue weighted by atomic mass is 10.1. The van der Waals surface area contributed by atoms with Crippen LogP contribution in [0.25, 0.3) is 0 Å². The second kappa shape index (κ2) is 6.13. The van der Waals surface area contributed by atoms with Crippen molar-refractivity contribution in [1.82, 2.24) is 9.88 Å². The molecule has 1 N–H and O–H groups in total. The molecule has 22 heavy (non-hydrogen) atoms. The zero-order valence-corrected chi connectivity index (χ0v) is 13.1. The van der Waals surface area contributed by atoms with Crippen LogP contribution in [-0.2, 0) is 6.42 Å². The molecule has 3 rings (SSSR count). The molecule has 1 saturated heterocycles. The average molecular weight is 340 g/mol. The zero-order chi connectivity index (χ0) is 15.7. The first-order valence-corrected chi connectivity index (χ1v) is 8.50. The first kappa shape index (κ1) is 15.1. The van der Waals surface area contributed by atoms with Crippen molar-refractivity contribution < 1.29 is 19.1 Å². The average Bonchev–Trinajstić information content (AvgIpc) is 3.19. The van der Waals surface area contributed by atoms with E-state index in [1.807, 2.05) is 0 Å². The maximum atomic E-state index is 13.5. The SMILES string of the molecule is O=C(O)c1csc(CC2CCN(C(=O)c3sccc3F)C2)n1. The third-order valence-corrected chi connectivity index (χ3v) is 5.37. The van der Waals surface area contributed by atoms with Gasteiger partial charge in [0.2, 0.25) is 0 Å². The largest absolute Gasteiger partial charge is 0.476 e. The maximum Gasteiger partial charge on any atom is 0.355 e. The van der Waals surface area contributed by atoms with Gasteiger partial charge in [-0.3, -0.25) is 4.79 Å². The van der Waals surface area contributed by atoms with Gasteiger partial charge in [-0.05, 0) is 23.8 Å². The van der Waals surface area contributed by atoms with Crippen LogP contribution < -0.4 is 0 Å². The number of likely N-dealkylation sites (tertiary alicyclic amines) is 1. The molecule has 1 aliphatic rings. The predicted molar refractivity (Wildman–Crippen MR) is 81.1 cm³/mol. The summed E-state index contributed by atoms with van der Waals surface area (Å²) in [7, 11) is 0. The quantitative estimate of drug-likeness (QED) is 0.929. The third kappa shape index (κ3) is 3.02. The number of carboxylic acid groups (broad SMARTS) is 1. The van der Waals surface area contributed by atoms with Gasteiger partial charge in [0.1, 0.15) is 10.7 Å². The minimum atomic E-state index is -1.03. The van der Waals surface area contributed by atoms with E-state index < -0.39 is 11.8 Å². The summed E-state index contributed by atoms with van der Waals surface area (Å²) in [6.45, 7) is 1.15. The Balaban J connectivity index is 1.61. The van der Waals surface area contributed by atoms with Gasteiger partial charge in [-0.1, -0.05) is 0 Å². The van der Waals surface area contributed by atoms with Crippen molar-refractivity contribution in [3.63, 3.8) is 0 Å². The number of nitrogens with zero attached hydrogens (tertiary/aromatic N) is 2. The Hall–Kier alpha value is -1.80. The summed E-state index contributed by atoms with van der Waals surface area (Å²) in [6, 6.07) is 1.30. The van der Waals surface area contributed by atoms with Crippen LogP contribution in [0.15, 0.2) is 16.8 Å². The van der Waals surface area contributed by atoms with Crippen LogP contribution in [0, 0.1) is 11.7 Å². The van der Waals surface area contributed by atoms with Gasteiger partial charge in [0, 0.05) is 24.9 Å². The van der Waals surface area contributed by atoms with Gasteiger partial charge in [0.15, 0.2) is 5.69 Å². The Kier molecular flexibility index (Phi) is 4.21. The smallest absolute Gasteiger partial charge is 0.355 e. The molecule has 0 aromatic carbocycles. The predicted octanol–water partition coefficient (Wildman–Crippen LogP) is 2.75. The second-order valence-corrected chi connectivity index (χ2v) is 7.00. The summed E-state index contributed by atoms with van der Waals surface area (Å²) in [4.78, 5) is 28.9. The molecular weight excluding hydrogens is 327 g/mol. The van der Waals surface area contributed by atoms with Crippen molar-refractivity contribution in [3.8, 4) is 0 Å². The Morgan fingerprint density at radius 2 is 2.27 bits per heavy atom. The summed E-state index contributed by atoms with van der Waals surface area (Å²) in [5.41, 5.74) is 0.0617. The number of hydrogen-bond donors (Lipinski definition) is 1. The van der Waals surface area contributed by atoms with E-state index in [1.54, 1.807) is 10.3 Å². The Bertz CT molecular complexity index is 713. The van der Waals surface area contributed by atoms with E-state index in [0.717, 1.165) is 22.8 Å². The lowest BCUT2D eigenvalue weighted by molar-refractivity contribution is 0.0690. The monoisotopic (exact) mass is 340 g/mol. The summed E-state index contributed by atoms with van der Waals surface area (Å²) >= 11 is 2.44. The molecule has 5 nitrogen and oxygen atoms in total. The summed E-state index contributed by atoms with van der Waals surface area (Å²) < 4.78 is 13.5. The van der Waals surface area contributed by atoms with Crippen LogP contribution >= 0.6 is 22.7 Å². The number of thiophene rings is 1. The first-order chi connectivity index (χ1) is 10.5. The normalized spacial score (nSPS) is 17.9. The van der Waals surface area contributed by atoms with Crippen LogP contribution in [0.3, 0.4) is 0 Å². The molecule has 0 spiro atoms. The van der Waals surface area contributed by atoms with Crippen molar-refractivity contribution in [3.05, 3.63) is 38.2 Å².